The Morgan fingerprint density at radius 1 is 1.43 bits per heavy atom. The predicted octanol–water partition coefficient (Wildman–Crippen LogP) is 1.52. The van der Waals surface area contributed by atoms with Gasteiger partial charge in [-0.05, 0) is 24.1 Å². The van der Waals surface area contributed by atoms with Crippen LogP contribution in [0.1, 0.15) is 18.4 Å². The molecular formula is C15H20N4O2. The van der Waals surface area contributed by atoms with Crippen molar-refractivity contribution < 1.29 is 9.53 Å². The lowest BCUT2D eigenvalue weighted by atomic mass is 10.0. The van der Waals surface area contributed by atoms with Gasteiger partial charge in [0.1, 0.15) is 0 Å². The molecule has 21 heavy (non-hydrogen) atoms. The Kier molecular flexibility index (Phi) is 5.01. The van der Waals surface area contributed by atoms with Crippen LogP contribution in [0.2, 0.25) is 0 Å². The van der Waals surface area contributed by atoms with Crippen molar-refractivity contribution >= 4 is 23.0 Å². The van der Waals surface area contributed by atoms with E-state index < -0.39 is 0 Å². The molecule has 6 heteroatoms. The fourth-order valence-electron chi connectivity index (χ4n) is 2.45. The van der Waals surface area contributed by atoms with Gasteiger partial charge in [-0.1, -0.05) is 0 Å². The number of nitriles is 1. The topological polar surface area (TPSA) is 91.4 Å². The fraction of sp³-hybridized carbons (Fsp3) is 0.467. The average Bonchev–Trinajstić information content (AvgIpc) is 2.47. The number of hydrogen-bond donors (Lipinski definition) is 2. The summed E-state index contributed by atoms with van der Waals surface area (Å²) >= 11 is 0. The third kappa shape index (κ3) is 3.64. The summed E-state index contributed by atoms with van der Waals surface area (Å²) < 4.78 is 5.12. The quantitative estimate of drug-likeness (QED) is 0.774. The number of fused-ring (bicyclic) bond motifs is 1. The minimum atomic E-state index is 0.0235. The van der Waals surface area contributed by atoms with E-state index in [0.29, 0.717) is 44.6 Å². The normalized spacial score (nSPS) is 13.2. The van der Waals surface area contributed by atoms with Gasteiger partial charge < -0.3 is 20.7 Å². The van der Waals surface area contributed by atoms with Crippen molar-refractivity contribution in [2.45, 2.75) is 19.3 Å². The monoisotopic (exact) mass is 288 g/mol. The van der Waals surface area contributed by atoms with Crippen molar-refractivity contribution in [1.82, 2.24) is 0 Å². The van der Waals surface area contributed by atoms with Gasteiger partial charge in [-0.2, -0.15) is 5.26 Å². The zero-order chi connectivity index (χ0) is 15.2. The third-order valence-electron chi connectivity index (χ3n) is 3.55. The molecule has 0 aromatic heterocycles. The molecule has 0 atom stereocenters. The maximum atomic E-state index is 11.4. The number of anilines is 3. The van der Waals surface area contributed by atoms with Crippen LogP contribution in [-0.4, -0.2) is 32.7 Å². The molecule has 3 N–H and O–H groups in total. The second-order valence-electron chi connectivity index (χ2n) is 5.00. The third-order valence-corrected chi connectivity index (χ3v) is 3.55. The first-order valence-electron chi connectivity index (χ1n) is 6.98. The highest BCUT2D eigenvalue weighted by molar-refractivity contribution is 5.95. The number of hydrogen-bond acceptors (Lipinski definition) is 5. The summed E-state index contributed by atoms with van der Waals surface area (Å²) in [5.41, 5.74) is 9.49. The van der Waals surface area contributed by atoms with Crippen molar-refractivity contribution in [3.8, 4) is 6.07 Å². The molecule has 1 aromatic rings. The highest BCUT2D eigenvalue weighted by atomic mass is 16.5. The number of ether oxygens (including phenoxy) is 1. The van der Waals surface area contributed by atoms with E-state index in [0.717, 1.165) is 16.9 Å². The number of nitrogens with one attached hydrogen (secondary N) is 1. The standard InChI is InChI=1S/C15H20N4O2/c1-21-8-7-19(6-2-5-16)14-9-11-3-4-15(20)18-13(11)10-12(14)17/h9-10H,2-4,6-8,17H2,1H3,(H,18,20). The van der Waals surface area contributed by atoms with Crippen LogP contribution in [-0.2, 0) is 16.0 Å². The number of rotatable bonds is 6. The van der Waals surface area contributed by atoms with Gasteiger partial charge in [0.05, 0.1) is 30.5 Å². The molecule has 0 radical (unpaired) electrons. The maximum absolute atomic E-state index is 11.4. The van der Waals surface area contributed by atoms with E-state index in [1.807, 2.05) is 6.07 Å². The zero-order valence-corrected chi connectivity index (χ0v) is 12.2. The summed E-state index contributed by atoms with van der Waals surface area (Å²) in [4.78, 5) is 13.5. The lowest BCUT2D eigenvalue weighted by molar-refractivity contribution is -0.116. The van der Waals surface area contributed by atoms with E-state index in [4.69, 9.17) is 15.7 Å². The highest BCUT2D eigenvalue weighted by Gasteiger charge is 2.19. The van der Waals surface area contributed by atoms with Crippen LogP contribution in [0.3, 0.4) is 0 Å². The number of benzene rings is 1. The number of nitrogen functional groups attached to an aromatic ring is 1. The number of nitrogens with two attached hydrogens (primary N) is 1. The first kappa shape index (κ1) is 15.1. The zero-order valence-electron chi connectivity index (χ0n) is 12.2. The largest absolute Gasteiger partial charge is 0.397 e. The molecule has 2 rings (SSSR count). The molecule has 0 saturated carbocycles. The number of methoxy groups -OCH3 is 1. The van der Waals surface area contributed by atoms with Gasteiger partial charge in [-0.25, -0.2) is 0 Å². The van der Waals surface area contributed by atoms with Gasteiger partial charge in [0.2, 0.25) is 5.91 Å². The lowest BCUT2D eigenvalue weighted by Crippen LogP contribution is -2.29. The SMILES string of the molecule is COCCN(CCC#N)c1cc2c(cc1N)NC(=O)CC2. The first-order valence-corrected chi connectivity index (χ1v) is 6.98. The Morgan fingerprint density at radius 2 is 2.24 bits per heavy atom. The van der Waals surface area contributed by atoms with Crippen LogP contribution in [0, 0.1) is 11.3 Å². The molecule has 112 valence electrons. The van der Waals surface area contributed by atoms with E-state index in [2.05, 4.69) is 16.3 Å². The predicted molar refractivity (Wildman–Crippen MR) is 82.1 cm³/mol. The Labute approximate surface area is 124 Å². The smallest absolute Gasteiger partial charge is 0.224 e. The van der Waals surface area contributed by atoms with Crippen molar-refractivity contribution in [3.05, 3.63) is 17.7 Å². The van der Waals surface area contributed by atoms with Crippen LogP contribution in [0.4, 0.5) is 17.1 Å². The van der Waals surface area contributed by atoms with Crippen molar-refractivity contribution in [1.29, 1.82) is 5.26 Å². The molecule has 1 aromatic carbocycles. The van der Waals surface area contributed by atoms with Crippen LogP contribution in [0.5, 0.6) is 0 Å². The number of nitrogens with zero attached hydrogens (tertiary/aromatic N) is 2. The number of carbonyl (C=O) groups is 1. The van der Waals surface area contributed by atoms with E-state index in [1.165, 1.54) is 0 Å². The van der Waals surface area contributed by atoms with Crippen molar-refractivity contribution in [3.63, 3.8) is 0 Å². The van der Waals surface area contributed by atoms with E-state index in [9.17, 15) is 4.79 Å². The van der Waals surface area contributed by atoms with E-state index >= 15 is 0 Å². The van der Waals surface area contributed by atoms with Gasteiger partial charge in [-0.3, -0.25) is 4.79 Å². The molecule has 1 aliphatic heterocycles. The summed E-state index contributed by atoms with van der Waals surface area (Å²) in [5, 5.41) is 11.6. The fourth-order valence-corrected chi connectivity index (χ4v) is 2.45. The van der Waals surface area contributed by atoms with Crippen LogP contribution in [0.15, 0.2) is 12.1 Å². The molecule has 0 bridgehead atoms. The second kappa shape index (κ2) is 6.95. The van der Waals surface area contributed by atoms with Crippen molar-refractivity contribution in [2.24, 2.45) is 0 Å². The molecular weight excluding hydrogens is 268 g/mol. The lowest BCUT2D eigenvalue weighted by Gasteiger charge is -2.27. The summed E-state index contributed by atoms with van der Waals surface area (Å²) in [6.45, 7) is 1.85. The van der Waals surface area contributed by atoms with Gasteiger partial charge >= 0.3 is 0 Å². The molecule has 1 heterocycles. The molecule has 0 fully saturated rings. The molecule has 6 nitrogen and oxygen atoms in total. The van der Waals surface area contributed by atoms with Crippen molar-refractivity contribution in [2.75, 3.05) is 42.8 Å². The molecule has 0 aliphatic carbocycles. The van der Waals surface area contributed by atoms with Gasteiger partial charge in [0.15, 0.2) is 0 Å². The van der Waals surface area contributed by atoms with Crippen LogP contribution in [0.25, 0.3) is 0 Å². The summed E-state index contributed by atoms with van der Waals surface area (Å²) in [6, 6.07) is 5.96. The summed E-state index contributed by atoms with van der Waals surface area (Å²) in [6.07, 6.45) is 1.63. The van der Waals surface area contributed by atoms with Crippen LogP contribution < -0.4 is 16.0 Å². The minimum Gasteiger partial charge on any atom is -0.397 e. The molecule has 0 unspecified atom stereocenters. The highest BCUT2D eigenvalue weighted by Crippen LogP contribution is 2.33. The van der Waals surface area contributed by atoms with Gasteiger partial charge in [-0.15, -0.1) is 0 Å². The molecule has 1 amide bonds. The van der Waals surface area contributed by atoms with Crippen LogP contribution >= 0.6 is 0 Å². The second-order valence-corrected chi connectivity index (χ2v) is 5.00. The minimum absolute atomic E-state index is 0.0235. The summed E-state index contributed by atoms with van der Waals surface area (Å²) in [5.74, 6) is 0.0235. The molecule has 0 saturated heterocycles. The molecule has 0 spiro atoms. The van der Waals surface area contributed by atoms with Gasteiger partial charge in [0.25, 0.3) is 0 Å². The Morgan fingerprint density at radius 3 is 2.95 bits per heavy atom. The average molecular weight is 288 g/mol. The molecule has 1 aliphatic rings. The number of carbonyl (C=O) groups excluding carboxylic acids is 1. The number of aryl methyl sites for hydroxylation is 1. The Balaban J connectivity index is 2.27. The van der Waals surface area contributed by atoms with Gasteiger partial charge in [0, 0.05) is 32.3 Å². The number of amides is 1. The summed E-state index contributed by atoms with van der Waals surface area (Å²) in [7, 11) is 1.65. The first-order chi connectivity index (χ1) is 10.2. The van der Waals surface area contributed by atoms with E-state index in [1.54, 1.807) is 13.2 Å². The Bertz CT molecular complexity index is 566. The van der Waals surface area contributed by atoms with E-state index in [-0.39, 0.29) is 5.91 Å². The maximum Gasteiger partial charge on any atom is 0.224 e. The Hall–Kier alpha value is -2.26.